The number of unbranched alkanes of at least 4 members (excludes halogenated alkanes) is 1. The molecule has 0 aliphatic carbocycles. The van der Waals surface area contributed by atoms with Crippen LogP contribution >= 0.6 is 22.7 Å². The molecule has 0 aromatic carbocycles. The number of anilines is 1. The Labute approximate surface area is 222 Å². The highest BCUT2D eigenvalue weighted by atomic mass is 32.1. The molecule has 2 aliphatic heterocycles. The Morgan fingerprint density at radius 3 is 1.92 bits per heavy atom. The van der Waals surface area contributed by atoms with Gasteiger partial charge < -0.3 is 15.1 Å². The largest absolute Gasteiger partial charge is 0.303 e. The van der Waals surface area contributed by atoms with E-state index in [-0.39, 0.29) is 11.7 Å². The summed E-state index contributed by atoms with van der Waals surface area (Å²) in [5.74, 6) is 0.272. The summed E-state index contributed by atoms with van der Waals surface area (Å²) < 4.78 is 0. The summed E-state index contributed by atoms with van der Waals surface area (Å²) in [6.07, 6.45) is 12.8. The highest BCUT2D eigenvalue weighted by Crippen LogP contribution is 2.19. The topological polar surface area (TPSA) is 104 Å². The highest BCUT2D eigenvalue weighted by Gasteiger charge is 2.15. The third-order valence-electron chi connectivity index (χ3n) is 6.86. The molecule has 2 aromatic rings. The summed E-state index contributed by atoms with van der Waals surface area (Å²) in [5, 5.41) is 23.1. The fraction of sp³-hybridized carbons (Fsp3) is 0.760. The minimum Gasteiger partial charge on any atom is -0.303 e. The van der Waals surface area contributed by atoms with Crippen molar-refractivity contribution in [3.05, 3.63) is 15.0 Å². The minimum atomic E-state index is 0.0142. The van der Waals surface area contributed by atoms with Crippen LogP contribution in [-0.4, -0.2) is 81.2 Å². The van der Waals surface area contributed by atoms with E-state index >= 15 is 0 Å². The lowest BCUT2D eigenvalue weighted by atomic mass is 10.1. The van der Waals surface area contributed by atoms with Crippen molar-refractivity contribution in [3.8, 4) is 0 Å². The third kappa shape index (κ3) is 9.57. The Morgan fingerprint density at radius 1 is 0.694 bits per heavy atom. The molecule has 0 spiro atoms. The zero-order valence-electron chi connectivity index (χ0n) is 21.3. The number of aryl methyl sites for hydroxylation is 2. The molecule has 11 heteroatoms. The number of hydrogen-bond acceptors (Lipinski definition) is 10. The van der Waals surface area contributed by atoms with Crippen molar-refractivity contribution < 1.29 is 9.59 Å². The lowest BCUT2D eigenvalue weighted by Gasteiger charge is -2.25. The molecule has 0 bridgehead atoms. The maximum absolute atomic E-state index is 12.3. The summed E-state index contributed by atoms with van der Waals surface area (Å²) in [5.41, 5.74) is 0. The number of Topliss-reactive ketones (excluding diaryl/α,β-unsaturated/α-hetero) is 1. The Bertz CT molecular complexity index is 876. The van der Waals surface area contributed by atoms with Gasteiger partial charge in [0.25, 0.3) is 0 Å². The van der Waals surface area contributed by atoms with Gasteiger partial charge in [0.2, 0.25) is 11.0 Å². The number of piperidine rings is 2. The smallest absolute Gasteiger partial charge is 0.227 e. The molecular formula is C25H39N7O2S2. The van der Waals surface area contributed by atoms with Crippen molar-refractivity contribution in [2.45, 2.75) is 83.5 Å². The van der Waals surface area contributed by atoms with E-state index in [9.17, 15) is 9.59 Å². The molecule has 2 aromatic heterocycles. The standard InChI is InChI=1S/C25H39N7O2S2/c33-20(11-17-31-13-5-1-6-14-31)19-24-29-27-22(35-24)9-3-4-10-23-28-30-25(36-23)26-21(34)12-18-32-15-7-2-8-16-32/h1-19H2,(H,26,30,34). The van der Waals surface area contributed by atoms with Gasteiger partial charge in [-0.15, -0.1) is 31.7 Å². The quantitative estimate of drug-likeness (QED) is 0.366. The molecule has 2 fully saturated rings. The zero-order chi connectivity index (χ0) is 25.0. The Hall–Kier alpha value is -1.82. The van der Waals surface area contributed by atoms with Crippen molar-refractivity contribution in [2.24, 2.45) is 0 Å². The van der Waals surface area contributed by atoms with E-state index in [2.05, 4.69) is 35.5 Å². The van der Waals surface area contributed by atoms with Gasteiger partial charge in [-0.3, -0.25) is 9.59 Å². The van der Waals surface area contributed by atoms with Gasteiger partial charge in [-0.05, 0) is 64.7 Å². The van der Waals surface area contributed by atoms with E-state index in [1.165, 1.54) is 49.9 Å². The van der Waals surface area contributed by atoms with Gasteiger partial charge in [-0.1, -0.05) is 24.2 Å². The lowest BCUT2D eigenvalue weighted by molar-refractivity contribution is -0.119. The van der Waals surface area contributed by atoms with Gasteiger partial charge in [0, 0.05) is 38.8 Å². The molecule has 0 radical (unpaired) electrons. The second kappa shape index (κ2) is 14.8. The van der Waals surface area contributed by atoms with Crippen LogP contribution in [0.5, 0.6) is 0 Å². The van der Waals surface area contributed by atoms with Crippen LogP contribution in [-0.2, 0) is 28.9 Å². The predicted molar refractivity (Wildman–Crippen MR) is 144 cm³/mol. The molecule has 2 aliphatic rings. The lowest BCUT2D eigenvalue weighted by Crippen LogP contribution is -2.32. The molecule has 0 atom stereocenters. The summed E-state index contributed by atoms with van der Waals surface area (Å²) in [6.45, 7) is 6.15. The summed E-state index contributed by atoms with van der Waals surface area (Å²) >= 11 is 3.02. The van der Waals surface area contributed by atoms with Crippen LogP contribution in [0.3, 0.4) is 0 Å². The summed E-state index contributed by atoms with van der Waals surface area (Å²) in [6, 6.07) is 0. The Morgan fingerprint density at radius 2 is 1.25 bits per heavy atom. The molecule has 36 heavy (non-hydrogen) atoms. The van der Waals surface area contributed by atoms with E-state index in [1.54, 1.807) is 11.3 Å². The minimum absolute atomic E-state index is 0.0142. The first-order chi connectivity index (χ1) is 17.6. The Balaban J connectivity index is 1.07. The number of likely N-dealkylation sites (tertiary alicyclic amines) is 2. The molecule has 0 unspecified atom stereocenters. The van der Waals surface area contributed by atoms with E-state index in [1.807, 2.05) is 0 Å². The van der Waals surface area contributed by atoms with Crippen LogP contribution in [0.15, 0.2) is 0 Å². The first-order valence-electron chi connectivity index (χ1n) is 13.5. The van der Waals surface area contributed by atoms with Crippen molar-refractivity contribution in [3.63, 3.8) is 0 Å². The van der Waals surface area contributed by atoms with Crippen LogP contribution in [0.4, 0.5) is 5.13 Å². The van der Waals surface area contributed by atoms with Crippen LogP contribution in [0, 0.1) is 0 Å². The highest BCUT2D eigenvalue weighted by molar-refractivity contribution is 7.15. The number of carbonyl (C=O) groups is 2. The molecule has 198 valence electrons. The van der Waals surface area contributed by atoms with Gasteiger partial charge in [0.15, 0.2) is 0 Å². The fourth-order valence-corrected chi connectivity index (χ4v) is 6.48. The second-order valence-corrected chi connectivity index (χ2v) is 12.1. The van der Waals surface area contributed by atoms with Gasteiger partial charge in [-0.25, -0.2) is 0 Å². The number of amides is 1. The fourth-order valence-electron chi connectivity index (χ4n) is 4.77. The maximum Gasteiger partial charge on any atom is 0.227 e. The number of aromatic nitrogens is 4. The van der Waals surface area contributed by atoms with Crippen LogP contribution in [0.25, 0.3) is 0 Å². The molecule has 1 N–H and O–H groups in total. The predicted octanol–water partition coefficient (Wildman–Crippen LogP) is 3.76. The Kier molecular flexibility index (Phi) is 11.2. The van der Waals surface area contributed by atoms with E-state index < -0.39 is 0 Å². The van der Waals surface area contributed by atoms with E-state index in [0.29, 0.717) is 24.4 Å². The first kappa shape index (κ1) is 27.2. The molecule has 4 rings (SSSR count). The zero-order valence-corrected chi connectivity index (χ0v) is 22.9. The molecule has 0 saturated carbocycles. The van der Waals surface area contributed by atoms with Crippen molar-refractivity contribution in [1.82, 2.24) is 30.2 Å². The molecule has 1 amide bonds. The number of ketones is 1. The van der Waals surface area contributed by atoms with E-state index in [0.717, 1.165) is 80.0 Å². The summed E-state index contributed by atoms with van der Waals surface area (Å²) in [4.78, 5) is 29.3. The SMILES string of the molecule is O=C(CCN1CCCCC1)Cc1nnc(CCCCc2nnc(NC(=O)CCN3CCCCC3)s2)s1. The van der Waals surface area contributed by atoms with Crippen LogP contribution < -0.4 is 5.32 Å². The van der Waals surface area contributed by atoms with Gasteiger partial charge in [-0.2, -0.15) is 0 Å². The third-order valence-corrected chi connectivity index (χ3v) is 8.74. The number of nitrogens with one attached hydrogen (secondary N) is 1. The summed E-state index contributed by atoms with van der Waals surface area (Å²) in [7, 11) is 0. The number of nitrogens with zero attached hydrogens (tertiary/aromatic N) is 6. The molecular weight excluding hydrogens is 494 g/mol. The maximum atomic E-state index is 12.3. The van der Waals surface area contributed by atoms with Crippen molar-refractivity contribution >= 4 is 39.5 Å². The normalized spacial score (nSPS) is 17.3. The van der Waals surface area contributed by atoms with Gasteiger partial charge >= 0.3 is 0 Å². The molecule has 2 saturated heterocycles. The van der Waals surface area contributed by atoms with Crippen LogP contribution in [0.2, 0.25) is 0 Å². The monoisotopic (exact) mass is 533 g/mol. The van der Waals surface area contributed by atoms with Gasteiger partial charge in [0.1, 0.15) is 20.8 Å². The van der Waals surface area contributed by atoms with Crippen LogP contribution in [0.1, 0.15) is 79.2 Å². The van der Waals surface area contributed by atoms with Gasteiger partial charge in [0.05, 0.1) is 6.42 Å². The van der Waals surface area contributed by atoms with E-state index in [4.69, 9.17) is 0 Å². The first-order valence-corrected chi connectivity index (χ1v) is 15.2. The number of rotatable bonds is 14. The second-order valence-electron chi connectivity index (χ2n) is 9.87. The average molecular weight is 534 g/mol. The number of carbonyl (C=O) groups excluding carboxylic acids is 2. The molecule has 9 nitrogen and oxygen atoms in total. The molecule has 4 heterocycles. The number of hydrogen-bond donors (Lipinski definition) is 1. The van der Waals surface area contributed by atoms with Crippen molar-refractivity contribution in [1.29, 1.82) is 0 Å². The van der Waals surface area contributed by atoms with Crippen molar-refractivity contribution in [2.75, 3.05) is 44.6 Å². The average Bonchev–Trinajstić information content (AvgIpc) is 3.54.